The van der Waals surface area contributed by atoms with Crippen LogP contribution in [0, 0.1) is 10.6 Å². The number of H-pyrrole nitrogens is 1. The Hall–Kier alpha value is -1.89. The Kier molecular flexibility index (Phi) is 5.54. The maximum atomic E-state index is 12.4. The van der Waals surface area contributed by atoms with Crippen LogP contribution in [-0.2, 0) is 4.74 Å². The Morgan fingerprint density at radius 1 is 1.27 bits per heavy atom. The van der Waals surface area contributed by atoms with Gasteiger partial charge in [0.1, 0.15) is 4.64 Å². The zero-order valence-electron chi connectivity index (χ0n) is 12.9. The lowest BCUT2D eigenvalue weighted by atomic mass is 10.2. The number of piperazine rings is 1. The number of pyridine rings is 1. The van der Waals surface area contributed by atoms with E-state index in [0.29, 0.717) is 48.9 Å². The first-order valence-electron chi connectivity index (χ1n) is 7.37. The van der Waals surface area contributed by atoms with Crippen molar-refractivity contribution in [3.05, 3.63) is 28.5 Å². The Bertz CT molecular complexity index is 592. The van der Waals surface area contributed by atoms with Gasteiger partial charge in [0.2, 0.25) is 0 Å². The lowest BCUT2D eigenvalue weighted by Crippen LogP contribution is -2.50. The maximum Gasteiger partial charge on any atom is 0.409 e. The van der Waals surface area contributed by atoms with Crippen LogP contribution in [0.15, 0.2) is 18.3 Å². The highest BCUT2D eigenvalue weighted by atomic mass is 32.1. The van der Waals surface area contributed by atoms with Gasteiger partial charge in [-0.05, 0) is 18.1 Å². The monoisotopic (exact) mass is 323 g/mol. The van der Waals surface area contributed by atoms with Gasteiger partial charge < -0.3 is 19.5 Å². The van der Waals surface area contributed by atoms with E-state index in [1.165, 1.54) is 0 Å². The molecule has 1 fully saturated rings. The van der Waals surface area contributed by atoms with Crippen molar-refractivity contribution in [2.75, 3.05) is 32.8 Å². The smallest absolute Gasteiger partial charge is 0.409 e. The van der Waals surface area contributed by atoms with E-state index in [1.54, 1.807) is 28.1 Å². The van der Waals surface area contributed by atoms with Crippen molar-refractivity contribution in [1.82, 2.24) is 14.8 Å². The number of ether oxygens (including phenoxy) is 1. The van der Waals surface area contributed by atoms with Gasteiger partial charge in [-0.2, -0.15) is 0 Å². The lowest BCUT2D eigenvalue weighted by molar-refractivity contribution is 0.0534. The van der Waals surface area contributed by atoms with Gasteiger partial charge in [-0.25, -0.2) is 4.79 Å². The molecule has 1 saturated heterocycles. The summed E-state index contributed by atoms with van der Waals surface area (Å²) in [4.78, 5) is 30.5. The number of aromatic amines is 1. The maximum absolute atomic E-state index is 12.4. The summed E-state index contributed by atoms with van der Waals surface area (Å²) in [7, 11) is 0. The summed E-state index contributed by atoms with van der Waals surface area (Å²) in [6, 6.07) is 3.47. The fourth-order valence-electron chi connectivity index (χ4n) is 2.18. The highest BCUT2D eigenvalue weighted by Gasteiger charge is 2.26. The molecule has 2 heterocycles. The largest absolute Gasteiger partial charge is 0.449 e. The van der Waals surface area contributed by atoms with Crippen molar-refractivity contribution in [1.29, 1.82) is 0 Å². The average molecular weight is 323 g/mol. The molecule has 0 aliphatic carbocycles. The van der Waals surface area contributed by atoms with E-state index in [-0.39, 0.29) is 12.0 Å². The zero-order chi connectivity index (χ0) is 16.1. The van der Waals surface area contributed by atoms with Crippen molar-refractivity contribution >= 4 is 24.2 Å². The van der Waals surface area contributed by atoms with Crippen molar-refractivity contribution in [3.63, 3.8) is 0 Å². The highest BCUT2D eigenvalue weighted by molar-refractivity contribution is 7.71. The number of rotatable bonds is 3. The number of nitrogens with zero attached hydrogens (tertiary/aromatic N) is 2. The summed E-state index contributed by atoms with van der Waals surface area (Å²) >= 11 is 5.13. The van der Waals surface area contributed by atoms with Crippen LogP contribution in [0.3, 0.4) is 0 Å². The predicted molar refractivity (Wildman–Crippen MR) is 85.3 cm³/mol. The van der Waals surface area contributed by atoms with Crippen LogP contribution >= 0.6 is 12.2 Å². The first-order chi connectivity index (χ1) is 10.5. The van der Waals surface area contributed by atoms with E-state index in [9.17, 15) is 9.59 Å². The van der Waals surface area contributed by atoms with E-state index < -0.39 is 0 Å². The molecule has 2 amide bonds. The number of nitrogens with one attached hydrogen (secondary N) is 1. The molecule has 1 aromatic heterocycles. The third-order valence-corrected chi connectivity index (χ3v) is 3.75. The second-order valence-corrected chi connectivity index (χ2v) is 6.07. The van der Waals surface area contributed by atoms with Crippen molar-refractivity contribution in [2.24, 2.45) is 5.92 Å². The molecule has 1 aliphatic rings. The molecule has 0 aromatic carbocycles. The van der Waals surface area contributed by atoms with Crippen LogP contribution < -0.4 is 0 Å². The SMILES string of the molecule is CC(C)COC(=O)N1CCN(C(=O)c2ccc[nH]c2=S)CC1. The molecule has 7 heteroatoms. The summed E-state index contributed by atoms with van der Waals surface area (Å²) in [5.74, 6) is 0.212. The van der Waals surface area contributed by atoms with Gasteiger partial charge in [0, 0.05) is 32.4 Å². The molecule has 0 saturated carbocycles. The van der Waals surface area contributed by atoms with Gasteiger partial charge in [-0.3, -0.25) is 4.79 Å². The van der Waals surface area contributed by atoms with Gasteiger partial charge in [0.05, 0.1) is 12.2 Å². The Morgan fingerprint density at radius 3 is 2.50 bits per heavy atom. The molecule has 0 radical (unpaired) electrons. The third kappa shape index (κ3) is 4.07. The van der Waals surface area contributed by atoms with Crippen molar-refractivity contribution in [3.8, 4) is 0 Å². The molecular formula is C15H21N3O3S. The minimum Gasteiger partial charge on any atom is -0.449 e. The van der Waals surface area contributed by atoms with Crippen LogP contribution in [-0.4, -0.2) is 59.6 Å². The minimum atomic E-state index is -0.308. The van der Waals surface area contributed by atoms with Gasteiger partial charge >= 0.3 is 6.09 Å². The number of amides is 2. The Labute approximate surface area is 135 Å². The van der Waals surface area contributed by atoms with Crippen molar-refractivity contribution in [2.45, 2.75) is 13.8 Å². The first-order valence-corrected chi connectivity index (χ1v) is 7.78. The van der Waals surface area contributed by atoms with Crippen molar-refractivity contribution < 1.29 is 14.3 Å². The zero-order valence-corrected chi connectivity index (χ0v) is 13.7. The quantitative estimate of drug-likeness (QED) is 0.867. The van der Waals surface area contributed by atoms with Gasteiger partial charge in [-0.15, -0.1) is 0 Å². The van der Waals surface area contributed by atoms with E-state index in [4.69, 9.17) is 17.0 Å². The number of aromatic nitrogens is 1. The van der Waals surface area contributed by atoms with Crippen LogP contribution in [0.25, 0.3) is 0 Å². The van der Waals surface area contributed by atoms with E-state index >= 15 is 0 Å². The van der Waals surface area contributed by atoms with E-state index in [1.807, 2.05) is 13.8 Å². The molecule has 22 heavy (non-hydrogen) atoms. The Balaban J connectivity index is 1.89. The molecule has 1 N–H and O–H groups in total. The molecule has 120 valence electrons. The molecule has 0 spiro atoms. The summed E-state index contributed by atoms with van der Waals surface area (Å²) < 4.78 is 5.64. The van der Waals surface area contributed by atoms with Crippen LogP contribution in [0.5, 0.6) is 0 Å². The summed E-state index contributed by atoms with van der Waals surface area (Å²) in [5, 5.41) is 0. The van der Waals surface area contributed by atoms with Crippen LogP contribution in [0.4, 0.5) is 4.79 Å². The number of carbonyl (C=O) groups excluding carboxylic acids is 2. The predicted octanol–water partition coefficient (Wildman–Crippen LogP) is 2.29. The molecule has 1 aromatic rings. The molecule has 2 rings (SSSR count). The lowest BCUT2D eigenvalue weighted by Gasteiger charge is -2.34. The van der Waals surface area contributed by atoms with Crippen LogP contribution in [0.2, 0.25) is 0 Å². The fourth-order valence-corrected chi connectivity index (χ4v) is 2.41. The van der Waals surface area contributed by atoms with Gasteiger partial charge in [0.25, 0.3) is 5.91 Å². The fraction of sp³-hybridized carbons (Fsp3) is 0.533. The van der Waals surface area contributed by atoms with Gasteiger partial charge in [0.15, 0.2) is 0 Å². The highest BCUT2D eigenvalue weighted by Crippen LogP contribution is 2.10. The standard InChI is InChI=1S/C15H21N3O3S/c1-11(2)10-21-15(20)18-8-6-17(7-9-18)14(19)12-4-3-5-16-13(12)22/h3-5,11H,6-10H2,1-2H3,(H,16,22). The minimum absolute atomic E-state index is 0.1000. The van der Waals surface area contributed by atoms with E-state index in [0.717, 1.165) is 0 Å². The topological polar surface area (TPSA) is 65.6 Å². The normalized spacial score (nSPS) is 15.0. The third-order valence-electron chi connectivity index (χ3n) is 3.41. The molecule has 0 unspecified atom stereocenters. The molecule has 0 bridgehead atoms. The number of hydrogen-bond acceptors (Lipinski definition) is 4. The second kappa shape index (κ2) is 7.40. The number of hydrogen-bond donors (Lipinski definition) is 1. The molecular weight excluding hydrogens is 302 g/mol. The summed E-state index contributed by atoms with van der Waals surface area (Å²) in [6.45, 7) is 6.33. The Morgan fingerprint density at radius 2 is 1.91 bits per heavy atom. The summed E-state index contributed by atoms with van der Waals surface area (Å²) in [5.41, 5.74) is 0.494. The average Bonchev–Trinajstić information content (AvgIpc) is 2.52. The van der Waals surface area contributed by atoms with E-state index in [2.05, 4.69) is 4.98 Å². The molecule has 1 aliphatic heterocycles. The molecule has 6 nitrogen and oxygen atoms in total. The summed E-state index contributed by atoms with van der Waals surface area (Å²) in [6.07, 6.45) is 1.39. The molecule has 0 atom stereocenters. The first kappa shape index (κ1) is 16.5. The number of carbonyl (C=O) groups is 2. The van der Waals surface area contributed by atoms with Gasteiger partial charge in [-0.1, -0.05) is 26.1 Å². The van der Waals surface area contributed by atoms with Crippen LogP contribution in [0.1, 0.15) is 24.2 Å². The second-order valence-electron chi connectivity index (χ2n) is 5.66.